The number of H-pyrrole nitrogens is 1. The second kappa shape index (κ2) is 10.5. The van der Waals surface area contributed by atoms with Gasteiger partial charge in [0, 0.05) is 12.5 Å². The van der Waals surface area contributed by atoms with Crippen molar-refractivity contribution in [2.75, 3.05) is 17.2 Å². The number of rotatable bonds is 7. The third kappa shape index (κ3) is 5.35. The summed E-state index contributed by atoms with van der Waals surface area (Å²) in [4.78, 5) is 43.1. The molecule has 1 unspecified atom stereocenters. The lowest BCUT2D eigenvalue weighted by Gasteiger charge is -2.29. The molecule has 1 aromatic carbocycles. The highest BCUT2D eigenvalue weighted by atomic mass is 16.2. The van der Waals surface area contributed by atoms with Gasteiger partial charge in [0.05, 0.1) is 6.54 Å². The van der Waals surface area contributed by atoms with Crippen LogP contribution in [0.3, 0.4) is 0 Å². The molecule has 0 radical (unpaired) electrons. The van der Waals surface area contributed by atoms with Crippen LogP contribution in [-0.4, -0.2) is 22.0 Å². The SMILES string of the molecule is Nc1c(N(CCC2=CCCCC2)C(=O)C2CC=CCC2)c(=O)[nH]c(=O)n1Cc1ccccc1. The lowest BCUT2D eigenvalue weighted by Crippen LogP contribution is -2.44. The first kappa shape index (κ1) is 22.8. The molecule has 1 heterocycles. The van der Waals surface area contributed by atoms with Crippen molar-refractivity contribution in [2.24, 2.45) is 5.92 Å². The summed E-state index contributed by atoms with van der Waals surface area (Å²) in [7, 11) is 0. The van der Waals surface area contributed by atoms with Gasteiger partial charge in [0.2, 0.25) is 5.91 Å². The molecule has 3 N–H and O–H groups in total. The summed E-state index contributed by atoms with van der Waals surface area (Å²) >= 11 is 0. The Labute approximate surface area is 193 Å². The molecule has 7 nitrogen and oxygen atoms in total. The van der Waals surface area contributed by atoms with E-state index < -0.39 is 11.2 Å². The Morgan fingerprint density at radius 1 is 1.12 bits per heavy atom. The Kier molecular flexibility index (Phi) is 7.27. The third-order valence-electron chi connectivity index (χ3n) is 6.59. The van der Waals surface area contributed by atoms with E-state index in [2.05, 4.69) is 17.1 Å². The average Bonchev–Trinajstić information content (AvgIpc) is 2.85. The Bertz CT molecular complexity index is 1160. The molecular formula is C26H32N4O3. The molecule has 1 atom stereocenters. The van der Waals surface area contributed by atoms with E-state index in [-0.39, 0.29) is 29.9 Å². The summed E-state index contributed by atoms with van der Waals surface area (Å²) in [6.07, 6.45) is 13.7. The zero-order valence-electron chi connectivity index (χ0n) is 19.0. The van der Waals surface area contributed by atoms with Crippen LogP contribution in [0.2, 0.25) is 0 Å². The highest BCUT2D eigenvalue weighted by Gasteiger charge is 2.30. The molecule has 33 heavy (non-hydrogen) atoms. The van der Waals surface area contributed by atoms with E-state index in [0.29, 0.717) is 19.4 Å². The van der Waals surface area contributed by atoms with Crippen molar-refractivity contribution in [2.45, 2.75) is 57.9 Å². The van der Waals surface area contributed by atoms with E-state index in [1.165, 1.54) is 21.5 Å². The minimum Gasteiger partial charge on any atom is -0.383 e. The number of aromatic nitrogens is 2. The van der Waals surface area contributed by atoms with Crippen LogP contribution in [0.4, 0.5) is 11.5 Å². The van der Waals surface area contributed by atoms with Gasteiger partial charge in [0.1, 0.15) is 5.82 Å². The minimum absolute atomic E-state index is 0.0323. The zero-order chi connectivity index (χ0) is 23.2. The molecule has 0 saturated heterocycles. The van der Waals surface area contributed by atoms with E-state index in [4.69, 9.17) is 5.73 Å². The number of nitrogens with one attached hydrogen (secondary N) is 1. The van der Waals surface area contributed by atoms with Gasteiger partial charge >= 0.3 is 5.69 Å². The summed E-state index contributed by atoms with van der Waals surface area (Å²) in [6.45, 7) is 0.594. The number of allylic oxidation sites excluding steroid dienone is 3. The molecule has 4 rings (SSSR count). The fourth-order valence-corrected chi connectivity index (χ4v) is 4.72. The van der Waals surface area contributed by atoms with E-state index >= 15 is 0 Å². The second-order valence-corrected chi connectivity index (χ2v) is 8.89. The number of carbonyl (C=O) groups excluding carboxylic acids is 1. The number of nitrogen functional groups attached to an aromatic ring is 1. The molecule has 0 fully saturated rings. The highest BCUT2D eigenvalue weighted by molar-refractivity contribution is 5.97. The zero-order valence-corrected chi connectivity index (χ0v) is 19.0. The number of carbonyl (C=O) groups is 1. The van der Waals surface area contributed by atoms with E-state index in [0.717, 1.165) is 37.7 Å². The van der Waals surface area contributed by atoms with Gasteiger partial charge in [-0.15, -0.1) is 0 Å². The lowest BCUT2D eigenvalue weighted by atomic mass is 9.92. The van der Waals surface area contributed by atoms with Crippen molar-refractivity contribution in [1.29, 1.82) is 0 Å². The highest BCUT2D eigenvalue weighted by Crippen LogP contribution is 2.27. The summed E-state index contributed by atoms with van der Waals surface area (Å²) < 4.78 is 1.34. The molecule has 7 heteroatoms. The summed E-state index contributed by atoms with van der Waals surface area (Å²) in [5.74, 6) is -0.258. The number of anilines is 2. The smallest absolute Gasteiger partial charge is 0.330 e. The maximum Gasteiger partial charge on any atom is 0.330 e. The second-order valence-electron chi connectivity index (χ2n) is 8.89. The average molecular weight is 449 g/mol. The van der Waals surface area contributed by atoms with Crippen molar-refractivity contribution >= 4 is 17.4 Å². The van der Waals surface area contributed by atoms with Crippen LogP contribution in [0.25, 0.3) is 0 Å². The van der Waals surface area contributed by atoms with E-state index in [1.807, 2.05) is 36.4 Å². The van der Waals surface area contributed by atoms with Gasteiger partial charge in [-0.05, 0) is 56.9 Å². The molecule has 1 amide bonds. The number of hydrogen-bond acceptors (Lipinski definition) is 4. The van der Waals surface area contributed by atoms with Crippen LogP contribution in [0, 0.1) is 5.92 Å². The predicted octanol–water partition coefficient (Wildman–Crippen LogP) is 3.75. The predicted molar refractivity (Wildman–Crippen MR) is 131 cm³/mol. The lowest BCUT2D eigenvalue weighted by molar-refractivity contribution is -0.122. The minimum atomic E-state index is -0.612. The number of hydrogen-bond donors (Lipinski definition) is 2. The van der Waals surface area contributed by atoms with E-state index in [1.54, 1.807) is 0 Å². The Hall–Kier alpha value is -3.35. The topological polar surface area (TPSA) is 101 Å². The van der Waals surface area contributed by atoms with Crippen LogP contribution in [0.5, 0.6) is 0 Å². The van der Waals surface area contributed by atoms with Crippen molar-refractivity contribution in [1.82, 2.24) is 9.55 Å². The Morgan fingerprint density at radius 2 is 1.94 bits per heavy atom. The third-order valence-corrected chi connectivity index (χ3v) is 6.59. The normalized spacial score (nSPS) is 18.1. The van der Waals surface area contributed by atoms with Crippen LogP contribution in [-0.2, 0) is 11.3 Å². The van der Waals surface area contributed by atoms with Crippen LogP contribution in [0.15, 0.2) is 63.7 Å². The van der Waals surface area contributed by atoms with Gasteiger partial charge in [-0.25, -0.2) is 4.79 Å². The molecule has 2 aliphatic rings. The van der Waals surface area contributed by atoms with Crippen molar-refractivity contribution in [3.8, 4) is 0 Å². The fraction of sp³-hybridized carbons (Fsp3) is 0.423. The molecule has 1 aromatic heterocycles. The molecule has 0 bridgehead atoms. The monoisotopic (exact) mass is 448 g/mol. The molecule has 0 aliphatic heterocycles. The van der Waals surface area contributed by atoms with Crippen molar-refractivity contribution in [3.05, 3.63) is 80.5 Å². The van der Waals surface area contributed by atoms with Gasteiger partial charge in [-0.2, -0.15) is 0 Å². The van der Waals surface area contributed by atoms with Crippen LogP contribution in [0.1, 0.15) is 56.9 Å². The quantitative estimate of drug-likeness (QED) is 0.630. The van der Waals surface area contributed by atoms with Gasteiger partial charge in [-0.1, -0.05) is 54.1 Å². The molecule has 2 aromatic rings. The van der Waals surface area contributed by atoms with Gasteiger partial charge < -0.3 is 10.6 Å². The number of amides is 1. The standard InChI is InChI=1S/C26H32N4O3/c27-23-22(24(31)28-26(33)30(23)18-20-12-6-2-7-13-20)29(17-16-19-10-4-1-5-11-19)25(32)21-14-8-3-9-15-21/h2-3,6-8,10,12-13,21H,1,4-5,9,11,14-18,27H2,(H,28,31,33). The largest absolute Gasteiger partial charge is 0.383 e. The Morgan fingerprint density at radius 3 is 2.64 bits per heavy atom. The summed E-state index contributed by atoms with van der Waals surface area (Å²) in [6, 6.07) is 9.45. The summed E-state index contributed by atoms with van der Waals surface area (Å²) in [5, 5.41) is 0. The first-order chi connectivity index (χ1) is 16.0. The number of nitrogens with two attached hydrogens (primary N) is 1. The maximum atomic E-state index is 13.6. The number of benzene rings is 1. The maximum absolute atomic E-state index is 13.6. The number of nitrogens with zero attached hydrogens (tertiary/aromatic N) is 2. The first-order valence-corrected chi connectivity index (χ1v) is 11.9. The van der Waals surface area contributed by atoms with E-state index in [9.17, 15) is 14.4 Å². The number of aromatic amines is 1. The van der Waals surface area contributed by atoms with Gasteiger partial charge in [-0.3, -0.25) is 19.1 Å². The van der Waals surface area contributed by atoms with Crippen LogP contribution >= 0.6 is 0 Å². The molecular weight excluding hydrogens is 416 g/mol. The first-order valence-electron chi connectivity index (χ1n) is 11.9. The van der Waals surface area contributed by atoms with Crippen molar-refractivity contribution < 1.29 is 4.79 Å². The summed E-state index contributed by atoms with van der Waals surface area (Å²) in [5.41, 5.74) is 7.52. The molecule has 0 spiro atoms. The fourth-order valence-electron chi connectivity index (χ4n) is 4.72. The molecule has 174 valence electrons. The molecule has 2 aliphatic carbocycles. The van der Waals surface area contributed by atoms with Gasteiger partial charge in [0.25, 0.3) is 5.56 Å². The van der Waals surface area contributed by atoms with Crippen molar-refractivity contribution in [3.63, 3.8) is 0 Å². The molecule has 0 saturated carbocycles. The Balaban J connectivity index is 1.71. The van der Waals surface area contributed by atoms with Crippen LogP contribution < -0.4 is 21.9 Å². The van der Waals surface area contributed by atoms with Gasteiger partial charge in [0.15, 0.2) is 5.69 Å².